The Morgan fingerprint density at radius 1 is 0.963 bits per heavy atom. The molecule has 0 saturated carbocycles. The number of rotatable bonds is 4. The number of hydrogen-bond acceptors (Lipinski definition) is 5. The quantitative estimate of drug-likeness (QED) is 0.553. The van der Waals surface area contributed by atoms with Gasteiger partial charge in [-0.2, -0.15) is 5.26 Å². The number of aromatic nitrogens is 3. The van der Waals surface area contributed by atoms with Gasteiger partial charge in [0.05, 0.1) is 31.0 Å². The van der Waals surface area contributed by atoms with E-state index in [1.165, 1.54) is 6.33 Å². The van der Waals surface area contributed by atoms with Crippen LogP contribution in [-0.4, -0.2) is 28.8 Å². The zero-order valence-electron chi connectivity index (χ0n) is 14.9. The molecule has 0 saturated heterocycles. The smallest absolute Gasteiger partial charge is 0.161 e. The van der Waals surface area contributed by atoms with E-state index in [2.05, 4.69) is 16.0 Å². The zero-order chi connectivity index (χ0) is 18.8. The molecular formula is C21H16N4O2. The molecule has 132 valence electrons. The third-order valence-corrected chi connectivity index (χ3v) is 4.39. The van der Waals surface area contributed by atoms with E-state index in [0.717, 1.165) is 16.8 Å². The summed E-state index contributed by atoms with van der Waals surface area (Å²) in [5.74, 6) is 1.25. The van der Waals surface area contributed by atoms with E-state index in [1.54, 1.807) is 20.4 Å². The third kappa shape index (κ3) is 2.75. The molecule has 2 aromatic carbocycles. The fraction of sp³-hybridized carbons (Fsp3) is 0.0952. The average Bonchev–Trinajstić information content (AvgIpc) is 3.13. The molecule has 0 aliphatic rings. The minimum absolute atomic E-state index is 0.498. The SMILES string of the molecule is COc1ccc(-c2ncnc3c(C#N)cn(-c4ccccc4)c23)cc1OC. The number of nitrogens with zero attached hydrogens (tertiary/aromatic N) is 4. The second kappa shape index (κ2) is 6.81. The van der Waals surface area contributed by atoms with Gasteiger partial charge in [0.15, 0.2) is 11.5 Å². The molecule has 6 nitrogen and oxygen atoms in total. The minimum Gasteiger partial charge on any atom is -0.493 e. The number of ether oxygens (including phenoxy) is 2. The molecule has 2 aromatic heterocycles. The van der Waals surface area contributed by atoms with E-state index < -0.39 is 0 Å². The normalized spacial score (nSPS) is 10.6. The summed E-state index contributed by atoms with van der Waals surface area (Å²) in [5, 5.41) is 9.55. The molecule has 0 unspecified atom stereocenters. The molecule has 27 heavy (non-hydrogen) atoms. The van der Waals surface area contributed by atoms with Crippen molar-refractivity contribution in [3.63, 3.8) is 0 Å². The fourth-order valence-electron chi connectivity index (χ4n) is 3.13. The van der Waals surface area contributed by atoms with Crippen molar-refractivity contribution in [2.24, 2.45) is 0 Å². The van der Waals surface area contributed by atoms with E-state index in [4.69, 9.17) is 9.47 Å². The van der Waals surface area contributed by atoms with Gasteiger partial charge in [0, 0.05) is 17.4 Å². The van der Waals surface area contributed by atoms with Gasteiger partial charge in [-0.3, -0.25) is 0 Å². The minimum atomic E-state index is 0.498. The van der Waals surface area contributed by atoms with E-state index >= 15 is 0 Å². The van der Waals surface area contributed by atoms with Crippen LogP contribution in [0.25, 0.3) is 28.0 Å². The molecule has 0 atom stereocenters. The topological polar surface area (TPSA) is 73.0 Å². The highest BCUT2D eigenvalue weighted by atomic mass is 16.5. The zero-order valence-corrected chi connectivity index (χ0v) is 14.9. The van der Waals surface area contributed by atoms with Crippen LogP contribution in [-0.2, 0) is 0 Å². The number of fused-ring (bicyclic) bond motifs is 1. The number of benzene rings is 2. The molecule has 0 spiro atoms. The van der Waals surface area contributed by atoms with Gasteiger partial charge < -0.3 is 14.0 Å². The molecule has 0 bridgehead atoms. The molecule has 4 aromatic rings. The highest BCUT2D eigenvalue weighted by molar-refractivity contribution is 5.94. The predicted octanol–water partition coefficient (Wildman–Crippen LogP) is 3.98. The summed E-state index contributed by atoms with van der Waals surface area (Å²) in [5.41, 5.74) is 4.37. The van der Waals surface area contributed by atoms with Crippen molar-refractivity contribution in [3.8, 4) is 34.5 Å². The first-order chi connectivity index (χ1) is 13.3. The highest BCUT2D eigenvalue weighted by Crippen LogP contribution is 2.35. The monoisotopic (exact) mass is 356 g/mol. The van der Waals surface area contributed by atoms with Gasteiger partial charge in [0.2, 0.25) is 0 Å². The van der Waals surface area contributed by atoms with Gasteiger partial charge in [-0.15, -0.1) is 0 Å². The Kier molecular flexibility index (Phi) is 4.19. The lowest BCUT2D eigenvalue weighted by atomic mass is 10.1. The Hall–Kier alpha value is -3.85. The summed E-state index contributed by atoms with van der Waals surface area (Å²) >= 11 is 0. The molecule has 2 heterocycles. The molecule has 0 N–H and O–H groups in total. The number of para-hydroxylation sites is 1. The second-order valence-electron chi connectivity index (χ2n) is 5.85. The lowest BCUT2D eigenvalue weighted by molar-refractivity contribution is 0.355. The van der Waals surface area contributed by atoms with E-state index in [1.807, 2.05) is 53.1 Å². The Labute approximate surface area is 156 Å². The van der Waals surface area contributed by atoms with Gasteiger partial charge in [-0.25, -0.2) is 9.97 Å². The van der Waals surface area contributed by atoms with Crippen molar-refractivity contribution in [1.82, 2.24) is 14.5 Å². The van der Waals surface area contributed by atoms with Crippen LogP contribution in [0.1, 0.15) is 5.56 Å². The van der Waals surface area contributed by atoms with E-state index in [9.17, 15) is 5.26 Å². The molecule has 4 rings (SSSR count). The Morgan fingerprint density at radius 2 is 1.74 bits per heavy atom. The molecule has 6 heteroatoms. The highest BCUT2D eigenvalue weighted by Gasteiger charge is 2.18. The Balaban J connectivity index is 2.03. The molecule has 0 aliphatic heterocycles. The van der Waals surface area contributed by atoms with Gasteiger partial charge in [-0.1, -0.05) is 18.2 Å². The van der Waals surface area contributed by atoms with Crippen LogP contribution < -0.4 is 9.47 Å². The number of nitriles is 1. The van der Waals surface area contributed by atoms with Gasteiger partial charge in [-0.05, 0) is 30.3 Å². The average molecular weight is 356 g/mol. The predicted molar refractivity (Wildman–Crippen MR) is 102 cm³/mol. The van der Waals surface area contributed by atoms with Crippen molar-refractivity contribution >= 4 is 11.0 Å². The molecule has 0 fully saturated rings. The number of hydrogen-bond donors (Lipinski definition) is 0. The van der Waals surface area contributed by atoms with Crippen molar-refractivity contribution < 1.29 is 9.47 Å². The van der Waals surface area contributed by atoms with Crippen LogP contribution in [0.3, 0.4) is 0 Å². The van der Waals surface area contributed by atoms with Gasteiger partial charge >= 0.3 is 0 Å². The van der Waals surface area contributed by atoms with Crippen LogP contribution in [0.4, 0.5) is 0 Å². The van der Waals surface area contributed by atoms with Crippen molar-refractivity contribution in [3.05, 3.63) is 66.6 Å². The van der Waals surface area contributed by atoms with Crippen molar-refractivity contribution in [1.29, 1.82) is 5.26 Å². The lowest BCUT2D eigenvalue weighted by Crippen LogP contribution is -1.97. The summed E-state index contributed by atoms with van der Waals surface area (Å²) < 4.78 is 12.7. The van der Waals surface area contributed by atoms with Crippen LogP contribution in [0, 0.1) is 11.3 Å². The van der Waals surface area contributed by atoms with Crippen LogP contribution in [0.2, 0.25) is 0 Å². The summed E-state index contributed by atoms with van der Waals surface area (Å²) in [7, 11) is 3.19. The summed E-state index contributed by atoms with van der Waals surface area (Å²) in [6, 6.07) is 17.7. The van der Waals surface area contributed by atoms with Crippen LogP contribution in [0.5, 0.6) is 11.5 Å². The summed E-state index contributed by atoms with van der Waals surface area (Å²) in [4.78, 5) is 8.85. The van der Waals surface area contributed by atoms with E-state index in [0.29, 0.717) is 28.3 Å². The molecular weight excluding hydrogens is 340 g/mol. The third-order valence-electron chi connectivity index (χ3n) is 4.39. The van der Waals surface area contributed by atoms with Crippen molar-refractivity contribution in [2.75, 3.05) is 14.2 Å². The fourth-order valence-corrected chi connectivity index (χ4v) is 3.13. The maximum Gasteiger partial charge on any atom is 0.161 e. The van der Waals surface area contributed by atoms with E-state index in [-0.39, 0.29) is 0 Å². The van der Waals surface area contributed by atoms with Crippen molar-refractivity contribution in [2.45, 2.75) is 0 Å². The maximum atomic E-state index is 9.55. The van der Waals surface area contributed by atoms with Crippen LogP contribution >= 0.6 is 0 Å². The lowest BCUT2D eigenvalue weighted by Gasteiger charge is -2.11. The Morgan fingerprint density at radius 3 is 2.44 bits per heavy atom. The van der Waals surface area contributed by atoms with Gasteiger partial charge in [0.25, 0.3) is 0 Å². The molecule has 0 amide bonds. The first-order valence-corrected chi connectivity index (χ1v) is 8.30. The maximum absolute atomic E-state index is 9.55. The number of methoxy groups -OCH3 is 2. The first kappa shape index (κ1) is 16.6. The van der Waals surface area contributed by atoms with Gasteiger partial charge in [0.1, 0.15) is 17.9 Å². The van der Waals surface area contributed by atoms with Crippen LogP contribution in [0.15, 0.2) is 61.1 Å². The summed E-state index contributed by atoms with van der Waals surface area (Å²) in [6.07, 6.45) is 3.27. The summed E-state index contributed by atoms with van der Waals surface area (Å²) in [6.45, 7) is 0. The second-order valence-corrected chi connectivity index (χ2v) is 5.85. The molecule has 0 radical (unpaired) electrons. The standard InChI is InChI=1S/C21H16N4O2/c1-26-17-9-8-14(10-18(17)27-2)19-21-20(24-13-23-19)15(11-22)12-25(21)16-6-4-3-5-7-16/h3-10,12-13H,1-2H3. The molecule has 0 aliphatic carbocycles. The largest absolute Gasteiger partial charge is 0.493 e. The Bertz CT molecular complexity index is 1160. The first-order valence-electron chi connectivity index (χ1n) is 8.30.